The number of nitrogens with zero attached hydrogens (tertiary/aromatic N) is 4. The van der Waals surface area contributed by atoms with Crippen molar-refractivity contribution in [3.05, 3.63) is 77.4 Å². The van der Waals surface area contributed by atoms with E-state index in [0.29, 0.717) is 51.7 Å². The molecule has 0 atom stereocenters. The summed E-state index contributed by atoms with van der Waals surface area (Å²) in [5.74, 6) is 1.96. The molecule has 1 aliphatic heterocycles. The smallest absolute Gasteiger partial charge is 0.260 e. The maximum Gasteiger partial charge on any atom is 0.260 e. The first-order chi connectivity index (χ1) is 24.2. The van der Waals surface area contributed by atoms with E-state index in [1.54, 1.807) is 12.3 Å². The molecular weight excluding hydrogens is 638 g/mol. The first kappa shape index (κ1) is 38.0. The number of carbonyl (C=O) groups excluding carboxylic acids is 2. The van der Waals surface area contributed by atoms with Crippen molar-refractivity contribution < 1.29 is 23.8 Å². The van der Waals surface area contributed by atoms with Crippen LogP contribution in [0, 0.1) is 0 Å². The fourth-order valence-electron chi connectivity index (χ4n) is 4.71. The average Bonchev–Trinajstić information content (AvgIpc) is 3.49. The van der Waals surface area contributed by atoms with Gasteiger partial charge in [-0.15, -0.1) is 10.2 Å². The van der Waals surface area contributed by atoms with Gasteiger partial charge in [0, 0.05) is 56.4 Å². The van der Waals surface area contributed by atoms with E-state index < -0.39 is 0 Å². The van der Waals surface area contributed by atoms with E-state index in [4.69, 9.17) is 14.2 Å². The van der Waals surface area contributed by atoms with Gasteiger partial charge in [-0.2, -0.15) is 0 Å². The second-order valence-electron chi connectivity index (χ2n) is 12.9. The van der Waals surface area contributed by atoms with Crippen molar-refractivity contribution in [3.63, 3.8) is 0 Å². The van der Waals surface area contributed by atoms with Gasteiger partial charge >= 0.3 is 0 Å². The Labute approximate surface area is 294 Å². The monoisotopic (exact) mass is 689 g/mol. The van der Waals surface area contributed by atoms with Crippen LogP contribution < -0.4 is 31.5 Å². The predicted molar refractivity (Wildman–Crippen MR) is 193 cm³/mol. The molecule has 50 heavy (non-hydrogen) atoms. The van der Waals surface area contributed by atoms with Gasteiger partial charge in [0.2, 0.25) is 0 Å². The van der Waals surface area contributed by atoms with Crippen molar-refractivity contribution in [2.45, 2.75) is 65.1 Å². The number of aliphatic imine (C=N–C) groups is 1. The third kappa shape index (κ3) is 13.6. The number of nitrogens with one attached hydrogen (secondary N) is 5. The minimum Gasteiger partial charge on any atom is -0.494 e. The van der Waals surface area contributed by atoms with E-state index in [-0.39, 0.29) is 24.0 Å². The van der Waals surface area contributed by atoms with Crippen LogP contribution in [0.25, 0.3) is 5.70 Å². The van der Waals surface area contributed by atoms with E-state index in [1.165, 1.54) is 0 Å². The molecule has 1 aromatic heterocycles. The predicted octanol–water partition coefficient (Wildman–Crippen LogP) is 3.72. The third-order valence-electron chi connectivity index (χ3n) is 7.45. The highest BCUT2D eigenvalue weighted by molar-refractivity contribution is 5.95. The first-order valence-corrected chi connectivity index (χ1v) is 17.1. The van der Waals surface area contributed by atoms with Crippen molar-refractivity contribution in [2.75, 3.05) is 45.0 Å². The molecular formula is C36H51N9O5. The van der Waals surface area contributed by atoms with Crippen LogP contribution in [0.3, 0.4) is 0 Å². The summed E-state index contributed by atoms with van der Waals surface area (Å²) < 4.78 is 18.8. The van der Waals surface area contributed by atoms with Crippen LogP contribution in [0.4, 0.5) is 5.69 Å². The van der Waals surface area contributed by atoms with E-state index in [9.17, 15) is 9.59 Å². The molecule has 5 N–H and O–H groups in total. The lowest BCUT2D eigenvalue weighted by molar-refractivity contribution is -0.127. The third-order valence-corrected chi connectivity index (χ3v) is 7.45. The molecule has 0 saturated heterocycles. The second-order valence-corrected chi connectivity index (χ2v) is 12.9. The highest BCUT2D eigenvalue weighted by Crippen LogP contribution is 2.16. The number of ether oxygens (including phenoxy) is 3. The molecule has 3 aromatic rings. The molecule has 1 aliphatic rings. The summed E-state index contributed by atoms with van der Waals surface area (Å²) in [6.07, 6.45) is 7.26. The van der Waals surface area contributed by atoms with Gasteiger partial charge < -0.3 is 34.7 Å². The Bertz CT molecular complexity index is 1560. The zero-order valence-corrected chi connectivity index (χ0v) is 29.6. The molecule has 0 spiro atoms. The van der Waals surface area contributed by atoms with Crippen LogP contribution in [0.2, 0.25) is 0 Å². The Balaban J connectivity index is 1.04. The van der Waals surface area contributed by atoms with Gasteiger partial charge in [0.15, 0.2) is 11.6 Å². The summed E-state index contributed by atoms with van der Waals surface area (Å²) in [6, 6.07) is 15.2. The molecule has 270 valence electrons. The number of unbranched alkanes of at least 4 members (excludes halogenated alkanes) is 2. The number of hydrogen-bond acceptors (Lipinski definition) is 11. The Morgan fingerprint density at radius 3 is 2.48 bits per heavy atom. The van der Waals surface area contributed by atoms with Crippen LogP contribution >= 0.6 is 0 Å². The maximum absolute atomic E-state index is 12.9. The molecule has 14 heteroatoms. The minimum atomic E-state index is -0.192. The molecule has 0 bridgehead atoms. The van der Waals surface area contributed by atoms with Gasteiger partial charge in [0.25, 0.3) is 11.8 Å². The maximum atomic E-state index is 12.9. The Kier molecular flexibility index (Phi) is 15.2. The Morgan fingerprint density at radius 2 is 1.70 bits per heavy atom. The standard InChI is InChI=1S/C36H51N9O5/c1-36(2,3)44-42-33(46)25-49-20-9-19-48-18-6-5-7-21-50-30-14-12-27(13-15-30)23-39-35(47)28-10-8-11-29(22-28)38-24-32-41-43-34(45(32)4)31-16-17-37-26-40-31/h8,10-17,22,38,40,44H,5-7,9,18-21,23-26H2,1-4H3,(H,39,47)(H,42,46). The molecule has 2 aromatic carbocycles. The van der Waals surface area contributed by atoms with E-state index in [0.717, 1.165) is 60.0 Å². The molecule has 0 unspecified atom stereocenters. The van der Waals surface area contributed by atoms with Crippen molar-refractivity contribution in [2.24, 2.45) is 12.0 Å². The van der Waals surface area contributed by atoms with E-state index in [2.05, 4.69) is 42.0 Å². The Hall–Kier alpha value is -4.79. The molecule has 0 saturated carbocycles. The zero-order valence-electron chi connectivity index (χ0n) is 29.6. The van der Waals surface area contributed by atoms with Crippen LogP contribution in [-0.4, -0.2) is 78.0 Å². The second kappa shape index (κ2) is 20.0. The molecule has 0 radical (unpaired) electrons. The quantitative estimate of drug-likeness (QED) is 0.0823. The topological polar surface area (TPSA) is 165 Å². The highest BCUT2D eigenvalue weighted by Gasteiger charge is 2.14. The zero-order chi connectivity index (χ0) is 35.6. The summed E-state index contributed by atoms with van der Waals surface area (Å²) in [5, 5.41) is 18.1. The van der Waals surface area contributed by atoms with Gasteiger partial charge in [-0.3, -0.25) is 20.0 Å². The number of hydrogen-bond donors (Lipinski definition) is 5. The number of benzene rings is 2. The molecule has 0 fully saturated rings. The number of hydrazine groups is 1. The molecule has 2 heterocycles. The van der Waals surface area contributed by atoms with E-state index >= 15 is 0 Å². The van der Waals surface area contributed by atoms with Gasteiger partial charge in [0.1, 0.15) is 19.0 Å². The largest absolute Gasteiger partial charge is 0.494 e. The van der Waals surface area contributed by atoms with Crippen molar-refractivity contribution in [1.82, 2.24) is 36.2 Å². The lowest BCUT2D eigenvalue weighted by atomic mass is 10.1. The summed E-state index contributed by atoms with van der Waals surface area (Å²) in [4.78, 5) is 28.7. The van der Waals surface area contributed by atoms with Crippen LogP contribution in [0.15, 0.2) is 59.6 Å². The lowest BCUT2D eigenvalue weighted by Crippen LogP contribution is -2.49. The van der Waals surface area contributed by atoms with Crippen molar-refractivity contribution in [1.29, 1.82) is 0 Å². The van der Waals surface area contributed by atoms with Crippen molar-refractivity contribution in [3.8, 4) is 5.75 Å². The van der Waals surface area contributed by atoms with Gasteiger partial charge in [-0.05, 0) is 88.4 Å². The number of anilines is 1. The van der Waals surface area contributed by atoms with E-state index in [1.807, 2.05) is 80.9 Å². The minimum absolute atomic E-state index is 0.0268. The number of rotatable bonds is 21. The first-order valence-electron chi connectivity index (χ1n) is 17.1. The summed E-state index contributed by atoms with van der Waals surface area (Å²) >= 11 is 0. The van der Waals surface area contributed by atoms with Crippen LogP contribution in [0.5, 0.6) is 5.75 Å². The number of aromatic nitrogens is 3. The summed E-state index contributed by atoms with van der Waals surface area (Å²) in [6.45, 7) is 9.71. The van der Waals surface area contributed by atoms with Gasteiger partial charge in [0.05, 0.1) is 18.8 Å². The highest BCUT2D eigenvalue weighted by atomic mass is 16.5. The number of allylic oxidation sites excluding steroid dienone is 1. The normalized spacial score (nSPS) is 12.6. The van der Waals surface area contributed by atoms with Crippen LogP contribution in [0.1, 0.15) is 74.0 Å². The molecule has 14 nitrogen and oxygen atoms in total. The van der Waals surface area contributed by atoms with Crippen molar-refractivity contribution >= 4 is 29.4 Å². The Morgan fingerprint density at radius 1 is 0.920 bits per heavy atom. The molecule has 4 rings (SSSR count). The fourth-order valence-corrected chi connectivity index (χ4v) is 4.71. The van der Waals surface area contributed by atoms with Crippen LogP contribution in [-0.2, 0) is 34.4 Å². The average molecular weight is 690 g/mol. The van der Waals surface area contributed by atoms with Gasteiger partial charge in [-0.1, -0.05) is 18.2 Å². The van der Waals surface area contributed by atoms with Gasteiger partial charge in [-0.25, -0.2) is 5.43 Å². The SMILES string of the molecule is Cn1c(CNc2cccc(C(=O)NCc3ccc(OCCCCCOCCCOCC(=O)NNC(C)(C)C)cc3)c2)nnc1C1=CC=NCN1. The molecule has 2 amide bonds. The molecule has 0 aliphatic carbocycles. The number of carbonyl (C=O) groups is 2. The lowest BCUT2D eigenvalue weighted by Gasteiger charge is -2.20. The fraction of sp³-hybridized carbons (Fsp3) is 0.472. The summed E-state index contributed by atoms with van der Waals surface area (Å²) in [5.41, 5.74) is 8.59. The number of amides is 2. The summed E-state index contributed by atoms with van der Waals surface area (Å²) in [7, 11) is 1.92.